The summed E-state index contributed by atoms with van der Waals surface area (Å²) < 4.78 is 0. The summed E-state index contributed by atoms with van der Waals surface area (Å²) in [6.07, 6.45) is 7.99. The van der Waals surface area contributed by atoms with Gasteiger partial charge < -0.3 is 26.2 Å². The van der Waals surface area contributed by atoms with E-state index in [-0.39, 0.29) is 36.8 Å². The van der Waals surface area contributed by atoms with Gasteiger partial charge in [0, 0.05) is 42.9 Å². The molecule has 1 heterocycles. The van der Waals surface area contributed by atoms with E-state index in [0.717, 1.165) is 22.7 Å². The summed E-state index contributed by atoms with van der Waals surface area (Å²) in [6.45, 7) is 4.29. The number of aromatic nitrogens is 2. The number of rotatable bonds is 15. The Morgan fingerprint density at radius 2 is 1.75 bits per heavy atom. The maximum Gasteiger partial charge on any atom is 0.404 e. The molecule has 0 aliphatic heterocycles. The molecule has 0 fully saturated rings. The number of carboxylic acid groups (broad SMARTS) is 1. The number of hydrogen-bond donors (Lipinski definition) is 5. The van der Waals surface area contributed by atoms with Crippen molar-refractivity contribution in [3.63, 3.8) is 0 Å². The van der Waals surface area contributed by atoms with Crippen molar-refractivity contribution in [1.29, 1.82) is 0 Å². The summed E-state index contributed by atoms with van der Waals surface area (Å²) in [5, 5.41) is 26.6. The monoisotopic (exact) mass is 569 g/mol. The molecule has 2 rings (SSSR count). The zero-order valence-corrected chi connectivity index (χ0v) is 24.1. The molecule has 1 atom stereocenters. The van der Waals surface area contributed by atoms with Gasteiger partial charge in [0.2, 0.25) is 11.8 Å². The number of unbranched alkanes of at least 4 members (excludes halogenated alkanes) is 2. The number of carbonyl (C=O) groups excluding carboxylic acids is 2. The van der Waals surface area contributed by atoms with Crippen molar-refractivity contribution in [2.45, 2.75) is 76.6 Å². The summed E-state index contributed by atoms with van der Waals surface area (Å²) in [4.78, 5) is 44.8. The molecule has 11 heteroatoms. The largest absolute Gasteiger partial charge is 0.465 e. The molecule has 0 radical (unpaired) electrons. The Labute approximate surface area is 240 Å². The molecule has 0 unspecified atom stereocenters. The maximum absolute atomic E-state index is 12.9. The molecule has 1 aromatic carbocycles. The Bertz CT molecular complexity index is 1160. The number of benzene rings is 1. The van der Waals surface area contributed by atoms with E-state index in [1.807, 2.05) is 18.6 Å². The van der Waals surface area contributed by atoms with Gasteiger partial charge in [-0.05, 0) is 75.5 Å². The van der Waals surface area contributed by atoms with Crippen LogP contribution in [0.4, 0.5) is 10.5 Å². The molecule has 10 nitrogen and oxygen atoms in total. The van der Waals surface area contributed by atoms with Gasteiger partial charge in [0.1, 0.15) is 6.04 Å². The molecule has 5 N–H and O–H groups in total. The van der Waals surface area contributed by atoms with Crippen LogP contribution in [0.1, 0.15) is 63.5 Å². The van der Waals surface area contributed by atoms with E-state index in [0.29, 0.717) is 37.8 Å². The molecule has 0 bridgehead atoms. The third kappa shape index (κ3) is 13.0. The molecule has 216 valence electrons. The summed E-state index contributed by atoms with van der Waals surface area (Å²) in [6, 6.07) is 6.02. The van der Waals surface area contributed by atoms with E-state index in [2.05, 4.69) is 51.6 Å². The molecule has 0 aliphatic rings. The number of carbonyl (C=O) groups is 3. The van der Waals surface area contributed by atoms with Crippen molar-refractivity contribution < 1.29 is 24.6 Å². The summed E-state index contributed by atoms with van der Waals surface area (Å²) in [5.74, 6) is 5.86. The lowest BCUT2D eigenvalue weighted by Gasteiger charge is -2.19. The topological polar surface area (TPSA) is 154 Å². The first kappa shape index (κ1) is 32.6. The van der Waals surface area contributed by atoms with Crippen LogP contribution in [0, 0.1) is 17.3 Å². The number of thioether (sulfide) groups is 1. The van der Waals surface area contributed by atoms with Gasteiger partial charge in [0.25, 0.3) is 0 Å². The number of hydrogen-bond acceptors (Lipinski definition) is 7. The fourth-order valence-corrected chi connectivity index (χ4v) is 4.18. The predicted molar refractivity (Wildman–Crippen MR) is 156 cm³/mol. The standard InChI is InChI=1S/C29H39N5O5S/c1-29(2,17-22-18-31-27(40-3)32-19-22)15-7-4-5-10-25(36)34-24(9-6-8-16-30-28(38)39)26(37)33-23-13-11-21(20-35)12-14-23/h11-14,18-19,24,30,35H,4-6,8-10,16-17,20H2,1-3H3,(H,33,37)(H,34,36)(H,38,39)/t24-/m0/s1. The molecule has 0 aliphatic carbocycles. The highest BCUT2D eigenvalue weighted by Gasteiger charge is 2.21. The molecule has 0 saturated heterocycles. The normalized spacial score (nSPS) is 11.6. The molecule has 0 saturated carbocycles. The molecule has 0 spiro atoms. The molecule has 40 heavy (non-hydrogen) atoms. The fraction of sp³-hybridized carbons (Fsp3) is 0.483. The van der Waals surface area contributed by atoms with E-state index in [1.165, 1.54) is 11.8 Å². The summed E-state index contributed by atoms with van der Waals surface area (Å²) >= 11 is 1.50. The number of nitrogens with zero attached hydrogens (tertiary/aromatic N) is 2. The second-order valence-corrected chi connectivity index (χ2v) is 10.8. The fourth-order valence-electron chi connectivity index (χ4n) is 3.86. The van der Waals surface area contributed by atoms with Crippen LogP contribution in [0.3, 0.4) is 0 Å². The Morgan fingerprint density at radius 1 is 1.05 bits per heavy atom. The summed E-state index contributed by atoms with van der Waals surface area (Å²) in [7, 11) is 0. The van der Waals surface area contributed by atoms with Crippen molar-refractivity contribution in [1.82, 2.24) is 20.6 Å². The second kappa shape index (κ2) is 17.2. The molecule has 2 aromatic rings. The Balaban J connectivity index is 1.86. The number of amides is 3. The van der Waals surface area contributed by atoms with Gasteiger partial charge in [-0.15, -0.1) is 5.92 Å². The van der Waals surface area contributed by atoms with Gasteiger partial charge >= 0.3 is 6.09 Å². The van der Waals surface area contributed by atoms with Gasteiger partial charge in [-0.2, -0.15) is 0 Å². The van der Waals surface area contributed by atoms with Crippen LogP contribution in [0.15, 0.2) is 41.8 Å². The van der Waals surface area contributed by atoms with Crippen LogP contribution < -0.4 is 16.0 Å². The minimum atomic E-state index is -1.10. The Morgan fingerprint density at radius 3 is 2.38 bits per heavy atom. The van der Waals surface area contributed by atoms with Crippen molar-refractivity contribution in [2.24, 2.45) is 5.41 Å². The number of nitrogens with one attached hydrogen (secondary N) is 3. The van der Waals surface area contributed by atoms with Gasteiger partial charge in [-0.3, -0.25) is 9.59 Å². The Kier molecular flexibility index (Phi) is 14.0. The lowest BCUT2D eigenvalue weighted by molar-refractivity contribution is -0.126. The maximum atomic E-state index is 12.9. The Hall–Kier alpha value is -3.62. The molecular formula is C29H39N5O5S. The minimum Gasteiger partial charge on any atom is -0.465 e. The van der Waals surface area contributed by atoms with E-state index in [9.17, 15) is 19.5 Å². The minimum absolute atomic E-state index is 0.0970. The van der Waals surface area contributed by atoms with Crippen molar-refractivity contribution in [3.8, 4) is 11.8 Å². The van der Waals surface area contributed by atoms with E-state index in [4.69, 9.17) is 5.11 Å². The number of anilines is 1. The van der Waals surface area contributed by atoms with Gasteiger partial charge in [0.05, 0.1) is 6.61 Å². The van der Waals surface area contributed by atoms with Crippen LogP contribution in [-0.2, 0) is 22.6 Å². The number of aliphatic hydroxyl groups excluding tert-OH is 1. The first-order chi connectivity index (χ1) is 19.1. The average molecular weight is 570 g/mol. The lowest BCUT2D eigenvalue weighted by Crippen LogP contribution is -2.43. The van der Waals surface area contributed by atoms with Crippen LogP contribution in [0.2, 0.25) is 0 Å². The van der Waals surface area contributed by atoms with E-state index >= 15 is 0 Å². The predicted octanol–water partition coefficient (Wildman–Crippen LogP) is 3.99. The van der Waals surface area contributed by atoms with Crippen LogP contribution >= 0.6 is 11.8 Å². The molecule has 1 aromatic heterocycles. The number of aliphatic hydroxyl groups is 1. The first-order valence-electron chi connectivity index (χ1n) is 13.2. The quantitative estimate of drug-likeness (QED) is 0.0934. The molecule has 3 amide bonds. The lowest BCUT2D eigenvalue weighted by atomic mass is 9.87. The third-order valence-corrected chi connectivity index (χ3v) is 6.47. The van der Waals surface area contributed by atoms with Crippen molar-refractivity contribution in [2.75, 3.05) is 18.1 Å². The van der Waals surface area contributed by atoms with Crippen LogP contribution in [0.5, 0.6) is 0 Å². The van der Waals surface area contributed by atoms with Crippen LogP contribution in [0.25, 0.3) is 0 Å². The van der Waals surface area contributed by atoms with Crippen molar-refractivity contribution in [3.05, 3.63) is 47.8 Å². The second-order valence-electron chi connectivity index (χ2n) is 9.99. The third-order valence-electron chi connectivity index (χ3n) is 5.89. The zero-order valence-electron chi connectivity index (χ0n) is 23.3. The summed E-state index contributed by atoms with van der Waals surface area (Å²) in [5.41, 5.74) is 2.03. The highest BCUT2D eigenvalue weighted by Crippen LogP contribution is 2.21. The van der Waals surface area contributed by atoms with E-state index < -0.39 is 12.1 Å². The van der Waals surface area contributed by atoms with Crippen LogP contribution in [-0.4, -0.2) is 56.9 Å². The van der Waals surface area contributed by atoms with Gasteiger partial charge in [-0.1, -0.05) is 29.8 Å². The smallest absolute Gasteiger partial charge is 0.404 e. The average Bonchev–Trinajstić information content (AvgIpc) is 2.92. The SMILES string of the molecule is CSc1ncc(CC(C)(C)C#CCCCC(=O)N[C@@H](CCCCNC(=O)O)C(=O)Nc2ccc(CO)cc2)cn1. The first-order valence-corrected chi connectivity index (χ1v) is 14.5. The van der Waals surface area contributed by atoms with Gasteiger partial charge in [0.15, 0.2) is 5.16 Å². The van der Waals surface area contributed by atoms with E-state index in [1.54, 1.807) is 24.3 Å². The molecular weight excluding hydrogens is 530 g/mol. The zero-order chi connectivity index (χ0) is 29.4. The highest BCUT2D eigenvalue weighted by molar-refractivity contribution is 7.98. The van der Waals surface area contributed by atoms with Crippen molar-refractivity contribution >= 4 is 35.4 Å². The highest BCUT2D eigenvalue weighted by atomic mass is 32.2. The van der Waals surface area contributed by atoms with Gasteiger partial charge in [-0.25, -0.2) is 14.8 Å².